The Bertz CT molecular complexity index is 3570. The van der Waals surface area contributed by atoms with Crippen LogP contribution < -0.4 is 4.74 Å². The lowest BCUT2D eigenvalue weighted by molar-refractivity contribution is -0.337. The first-order valence-corrected chi connectivity index (χ1v) is 31.0. The zero-order valence-corrected chi connectivity index (χ0v) is 53.4. The maximum atomic E-state index is 12.0. The molecule has 7 heterocycles. The highest BCUT2D eigenvalue weighted by Gasteiger charge is 2.53. The number of benzene rings is 6. The summed E-state index contributed by atoms with van der Waals surface area (Å²) < 4.78 is 97.4. The molecule has 2 fully saturated rings. The third-order valence-corrected chi connectivity index (χ3v) is 17.5. The summed E-state index contributed by atoms with van der Waals surface area (Å²) in [6.45, 7) is 22.4. The number of hydrogen-bond donors (Lipinski definition) is 0. The second-order valence-electron chi connectivity index (χ2n) is 23.7. The van der Waals surface area contributed by atoms with E-state index in [1.54, 1.807) is 0 Å². The van der Waals surface area contributed by atoms with Crippen molar-refractivity contribution in [3.63, 3.8) is 0 Å². The quantitative estimate of drug-likeness (QED) is 0.164. The van der Waals surface area contributed by atoms with Crippen LogP contribution in [0, 0.1) is 0 Å². The van der Waals surface area contributed by atoms with Crippen molar-refractivity contribution in [3.05, 3.63) is 260 Å². The molecule has 16 rings (SSSR count). The average molecular weight is 1230 g/mol. The molecule has 13 nitrogen and oxygen atoms in total. The number of para-hydroxylation sites is 2. The summed E-state index contributed by atoms with van der Waals surface area (Å²) in [5.41, 5.74) is 8.36. The Labute approximate surface area is 527 Å². The monoisotopic (exact) mass is 1230 g/mol. The first-order valence-electron chi connectivity index (χ1n) is 31.0. The van der Waals surface area contributed by atoms with E-state index in [1.807, 2.05) is 191 Å². The Balaban J connectivity index is 0.000000114. The predicted molar refractivity (Wildman–Crippen MR) is 335 cm³/mol. The standard InChI is InChI=1S/C17H14O3.C17H14O2.C17H16O2.C10H16O2.C9H14O2.C5H6F2O2/c1-11-12(2)20-17(19-11)13-7-3-5-9-15(13)18-16-10-6-4-8-14(16)17;1-11-12(2)19-17(18-11)15-9-5-3-7-13(15)14-8-4-6-10-16(14)17;1-13-14(2)19-17(18-13,15-9-5-3-6-10-15)16-11-7-4-8-12-16;1-8-9(2)12-10(11-8)6-4-3-5-7-10;1-7-8(2)11-9(10-7)5-3-4-6-9;1-3-4(2)9-5(6,7)8-3/h3-10H,1-2H3;3-10H,1-2H3;3-12H,1-2H3;3-7H2,1-2H3;3-6H2,1-2H3;1-2H3. The van der Waals surface area contributed by atoms with Gasteiger partial charge in [-0.2, -0.15) is 0 Å². The van der Waals surface area contributed by atoms with E-state index in [1.165, 1.54) is 57.1 Å². The van der Waals surface area contributed by atoms with E-state index >= 15 is 0 Å². The zero-order valence-electron chi connectivity index (χ0n) is 53.4. The van der Waals surface area contributed by atoms with Crippen molar-refractivity contribution in [3.8, 4) is 22.6 Å². The fraction of sp³-hybridized carbons (Fsp3) is 0.360. The second-order valence-corrected chi connectivity index (χ2v) is 23.7. The van der Waals surface area contributed by atoms with Gasteiger partial charge in [0.2, 0.25) is 0 Å². The third-order valence-electron chi connectivity index (χ3n) is 17.5. The van der Waals surface area contributed by atoms with E-state index in [4.69, 9.17) is 52.1 Å². The number of halogens is 2. The lowest BCUT2D eigenvalue weighted by Gasteiger charge is -2.35. The minimum Gasteiger partial charge on any atom is -0.456 e. The lowest BCUT2D eigenvalue weighted by atomic mass is 9.93. The molecule has 0 N–H and O–H groups in total. The molecule has 90 heavy (non-hydrogen) atoms. The van der Waals surface area contributed by atoms with Gasteiger partial charge < -0.3 is 61.6 Å². The third kappa shape index (κ3) is 12.3. The molecule has 0 amide bonds. The molecule has 0 saturated heterocycles. The van der Waals surface area contributed by atoms with Crippen LogP contribution in [-0.2, 0) is 74.2 Å². The van der Waals surface area contributed by atoms with Gasteiger partial charge in [0.1, 0.15) is 80.6 Å². The molecular formula is C75H80F2O13. The van der Waals surface area contributed by atoms with E-state index in [0.29, 0.717) is 0 Å². The highest BCUT2D eigenvalue weighted by atomic mass is 19.3. The van der Waals surface area contributed by atoms with Crippen LogP contribution in [0.15, 0.2) is 227 Å². The molecule has 3 aliphatic carbocycles. The van der Waals surface area contributed by atoms with Gasteiger partial charge in [-0.25, -0.2) is 0 Å². The molecule has 0 aromatic heterocycles. The summed E-state index contributed by atoms with van der Waals surface area (Å²) >= 11 is 0. The smallest absolute Gasteiger partial charge is 0.456 e. The molecule has 0 radical (unpaired) electrons. The number of allylic oxidation sites excluding steroid dienone is 12. The van der Waals surface area contributed by atoms with Crippen molar-refractivity contribution in [1.82, 2.24) is 0 Å². The van der Waals surface area contributed by atoms with Gasteiger partial charge in [0.15, 0.2) is 0 Å². The first-order chi connectivity index (χ1) is 43.1. The van der Waals surface area contributed by atoms with Crippen LogP contribution in [-0.4, -0.2) is 17.9 Å². The topological polar surface area (TPSA) is 120 Å². The zero-order chi connectivity index (χ0) is 63.6. The van der Waals surface area contributed by atoms with E-state index in [9.17, 15) is 8.78 Å². The summed E-state index contributed by atoms with van der Waals surface area (Å²) in [5, 5.41) is 0. The maximum absolute atomic E-state index is 12.0. The van der Waals surface area contributed by atoms with Gasteiger partial charge in [-0.15, -0.1) is 8.78 Å². The van der Waals surface area contributed by atoms with E-state index in [2.05, 4.69) is 45.9 Å². The second kappa shape index (κ2) is 25.1. The Kier molecular flexibility index (Phi) is 17.5. The van der Waals surface area contributed by atoms with Crippen LogP contribution in [0.3, 0.4) is 0 Å². The highest BCUT2D eigenvalue weighted by Crippen LogP contribution is 2.56. The first kappa shape index (κ1) is 62.6. The normalized spacial score (nSPS) is 20.7. The van der Waals surface area contributed by atoms with Crippen LogP contribution in [0.1, 0.15) is 174 Å². The Hall–Kier alpha value is -8.98. The molecule has 6 aromatic rings. The molecule has 2 saturated carbocycles. The minimum atomic E-state index is -3.44. The SMILES string of the molecule is CC1=C(C)OC(F)(F)O1.CC1=C(C)OC(c2ccccc2)(c2ccccc2)O1.CC1=C(C)OC2(CCCC2)O1.CC1=C(C)OC2(CCCCC2)O1.CC1=C(C)OC2(O1)c1ccccc1-c1ccccc12.CC1=C(C)OC2(O1)c1ccccc1Oc1ccccc12. The molecule has 4 spiro atoms. The van der Waals surface area contributed by atoms with Crippen molar-refractivity contribution < 1.29 is 70.4 Å². The largest absolute Gasteiger partial charge is 0.585 e. The summed E-state index contributed by atoms with van der Waals surface area (Å²) in [7, 11) is 0. The number of fused-ring (bicyclic) bond motifs is 9. The molecule has 7 aliphatic heterocycles. The molecule has 472 valence electrons. The molecule has 6 aromatic carbocycles. The van der Waals surface area contributed by atoms with E-state index < -0.39 is 23.7 Å². The van der Waals surface area contributed by atoms with Crippen LogP contribution in [0.5, 0.6) is 11.5 Å². The van der Waals surface area contributed by atoms with E-state index in [0.717, 1.165) is 128 Å². The van der Waals surface area contributed by atoms with Crippen LogP contribution >= 0.6 is 0 Å². The number of hydrogen-bond acceptors (Lipinski definition) is 13. The molecule has 10 aliphatic rings. The summed E-state index contributed by atoms with van der Waals surface area (Å²) in [4.78, 5) is 0. The summed E-state index contributed by atoms with van der Waals surface area (Å²) in [6, 6.07) is 52.3. The van der Waals surface area contributed by atoms with Crippen molar-refractivity contribution in [2.45, 2.75) is 176 Å². The molecule has 15 heteroatoms. The van der Waals surface area contributed by atoms with Gasteiger partial charge in [-0.1, -0.05) is 140 Å². The molecular weight excluding hydrogens is 1150 g/mol. The van der Waals surface area contributed by atoms with Crippen LogP contribution in [0.25, 0.3) is 11.1 Å². The van der Waals surface area contributed by atoms with Gasteiger partial charge in [-0.05, 0) is 144 Å². The van der Waals surface area contributed by atoms with Gasteiger partial charge in [0.05, 0.1) is 11.1 Å². The number of rotatable bonds is 2. The van der Waals surface area contributed by atoms with Crippen LogP contribution in [0.2, 0.25) is 0 Å². The maximum Gasteiger partial charge on any atom is 0.585 e. The molecule has 0 unspecified atom stereocenters. The average Bonchev–Trinajstić information content (AvgIpc) is 1.57. The molecule has 0 atom stereocenters. The Morgan fingerprint density at radius 2 is 0.511 bits per heavy atom. The van der Waals surface area contributed by atoms with Crippen molar-refractivity contribution in [2.75, 3.05) is 0 Å². The summed E-state index contributed by atoms with van der Waals surface area (Å²) in [5.74, 6) is 7.61. The minimum absolute atomic E-state index is 0.139. The van der Waals surface area contributed by atoms with Crippen molar-refractivity contribution >= 4 is 0 Å². The fourth-order valence-corrected chi connectivity index (χ4v) is 12.4. The lowest BCUT2D eigenvalue weighted by Crippen LogP contribution is -2.33. The van der Waals surface area contributed by atoms with Crippen molar-refractivity contribution in [1.29, 1.82) is 0 Å². The fourth-order valence-electron chi connectivity index (χ4n) is 12.4. The number of ether oxygens (including phenoxy) is 13. The predicted octanol–water partition coefficient (Wildman–Crippen LogP) is 20.0. The van der Waals surface area contributed by atoms with Gasteiger partial charge in [0, 0.05) is 47.9 Å². The Morgan fingerprint density at radius 3 is 0.844 bits per heavy atom. The number of alkyl halides is 2. The van der Waals surface area contributed by atoms with Crippen molar-refractivity contribution in [2.24, 2.45) is 0 Å². The van der Waals surface area contributed by atoms with E-state index in [-0.39, 0.29) is 23.1 Å². The van der Waals surface area contributed by atoms with Gasteiger partial charge >= 0.3 is 23.7 Å². The van der Waals surface area contributed by atoms with Crippen LogP contribution in [0.4, 0.5) is 8.78 Å². The highest BCUT2D eigenvalue weighted by molar-refractivity contribution is 5.79. The Morgan fingerprint density at radius 1 is 0.256 bits per heavy atom. The van der Waals surface area contributed by atoms with Gasteiger partial charge in [-0.3, -0.25) is 0 Å². The molecule has 0 bridgehead atoms. The summed E-state index contributed by atoms with van der Waals surface area (Å²) in [6.07, 6.45) is 7.07. The van der Waals surface area contributed by atoms with Gasteiger partial charge in [0.25, 0.3) is 11.6 Å².